The second-order valence-corrected chi connectivity index (χ2v) is 9.66. The fourth-order valence-corrected chi connectivity index (χ4v) is 5.00. The highest BCUT2D eigenvalue weighted by molar-refractivity contribution is 7.89. The van der Waals surface area contributed by atoms with Gasteiger partial charge in [0.2, 0.25) is 10.0 Å². The molecule has 0 aliphatic carbocycles. The first kappa shape index (κ1) is 21.6. The zero-order valence-corrected chi connectivity index (χ0v) is 18.3. The number of sulfonamides is 1. The van der Waals surface area contributed by atoms with Gasteiger partial charge in [-0.05, 0) is 61.6 Å². The number of carbonyl (C=O) groups is 1. The Kier molecular flexibility index (Phi) is 6.51. The molecule has 0 bridgehead atoms. The fraction of sp³-hybridized carbons (Fsp3) is 0.381. The highest BCUT2D eigenvalue weighted by Crippen LogP contribution is 2.29. The van der Waals surface area contributed by atoms with Crippen molar-refractivity contribution in [2.75, 3.05) is 25.5 Å². The molecule has 1 aliphatic rings. The van der Waals surface area contributed by atoms with Gasteiger partial charge in [0.1, 0.15) is 5.75 Å². The summed E-state index contributed by atoms with van der Waals surface area (Å²) in [6.07, 6.45) is 1.66. The Morgan fingerprint density at radius 3 is 2.55 bits per heavy atom. The molecular formula is C21H25ClN2O4S. The first-order valence-electron chi connectivity index (χ1n) is 9.48. The van der Waals surface area contributed by atoms with E-state index in [1.807, 2.05) is 0 Å². The van der Waals surface area contributed by atoms with E-state index in [4.69, 9.17) is 16.3 Å². The van der Waals surface area contributed by atoms with E-state index in [9.17, 15) is 13.2 Å². The minimum absolute atomic E-state index is 0.0841. The molecule has 1 aliphatic heterocycles. The van der Waals surface area contributed by atoms with Gasteiger partial charge in [0.25, 0.3) is 5.91 Å². The van der Waals surface area contributed by atoms with Crippen LogP contribution in [0.3, 0.4) is 0 Å². The van der Waals surface area contributed by atoms with Crippen molar-refractivity contribution < 1.29 is 17.9 Å². The van der Waals surface area contributed by atoms with Crippen LogP contribution in [-0.2, 0) is 10.0 Å². The van der Waals surface area contributed by atoms with E-state index in [-0.39, 0.29) is 10.5 Å². The Bertz CT molecular complexity index is 1020. The summed E-state index contributed by atoms with van der Waals surface area (Å²) in [7, 11) is -2.24. The maximum atomic E-state index is 13.1. The fourth-order valence-electron chi connectivity index (χ4n) is 3.33. The summed E-state index contributed by atoms with van der Waals surface area (Å²) >= 11 is 6.12. The normalized spacial score (nSPS) is 15.9. The van der Waals surface area contributed by atoms with Gasteiger partial charge in [-0.3, -0.25) is 4.79 Å². The summed E-state index contributed by atoms with van der Waals surface area (Å²) in [6, 6.07) is 9.58. The smallest absolute Gasteiger partial charge is 0.259 e. The van der Waals surface area contributed by atoms with Crippen LogP contribution in [-0.4, -0.2) is 38.8 Å². The quantitative estimate of drug-likeness (QED) is 0.756. The molecule has 1 N–H and O–H groups in total. The van der Waals surface area contributed by atoms with Crippen molar-refractivity contribution in [3.8, 4) is 5.75 Å². The predicted molar refractivity (Wildman–Crippen MR) is 114 cm³/mol. The number of benzene rings is 2. The lowest BCUT2D eigenvalue weighted by atomic mass is 10.0. The van der Waals surface area contributed by atoms with Crippen molar-refractivity contribution >= 4 is 33.2 Å². The number of anilines is 1. The monoisotopic (exact) mass is 436 g/mol. The number of hydrogen-bond acceptors (Lipinski definition) is 4. The third-order valence-electron chi connectivity index (χ3n) is 5.31. The Balaban J connectivity index is 1.92. The van der Waals surface area contributed by atoms with Gasteiger partial charge in [-0.1, -0.05) is 24.6 Å². The molecule has 29 heavy (non-hydrogen) atoms. The van der Waals surface area contributed by atoms with Gasteiger partial charge in [0.05, 0.1) is 17.6 Å². The van der Waals surface area contributed by atoms with Gasteiger partial charge < -0.3 is 10.1 Å². The van der Waals surface area contributed by atoms with Gasteiger partial charge in [0, 0.05) is 23.8 Å². The lowest BCUT2D eigenvalue weighted by Gasteiger charge is -2.29. The molecule has 156 valence electrons. The van der Waals surface area contributed by atoms with Crippen molar-refractivity contribution in [2.45, 2.75) is 31.6 Å². The average Bonchev–Trinajstić information content (AvgIpc) is 2.71. The largest absolute Gasteiger partial charge is 0.496 e. The maximum Gasteiger partial charge on any atom is 0.259 e. The van der Waals surface area contributed by atoms with Crippen LogP contribution in [0.15, 0.2) is 41.3 Å². The molecule has 0 aromatic heterocycles. The minimum atomic E-state index is -3.68. The third kappa shape index (κ3) is 4.57. The van der Waals surface area contributed by atoms with Gasteiger partial charge in [-0.2, -0.15) is 4.31 Å². The summed E-state index contributed by atoms with van der Waals surface area (Å²) < 4.78 is 32.9. The zero-order chi connectivity index (χ0) is 21.2. The molecule has 2 aromatic carbocycles. The highest BCUT2D eigenvalue weighted by Gasteiger charge is 2.29. The van der Waals surface area contributed by atoms with Crippen molar-refractivity contribution in [1.82, 2.24) is 4.31 Å². The van der Waals surface area contributed by atoms with Gasteiger partial charge in [-0.15, -0.1) is 0 Å². The molecule has 2 aromatic rings. The zero-order valence-electron chi connectivity index (χ0n) is 16.7. The van der Waals surface area contributed by atoms with Crippen LogP contribution < -0.4 is 10.1 Å². The van der Waals surface area contributed by atoms with Gasteiger partial charge in [0.15, 0.2) is 0 Å². The van der Waals surface area contributed by atoms with Gasteiger partial charge in [-0.25, -0.2) is 8.42 Å². The van der Waals surface area contributed by atoms with Crippen molar-refractivity contribution in [3.05, 3.63) is 52.5 Å². The SMILES string of the molecule is COc1ccc(S(=O)(=O)N2CCC(C)CC2)cc1C(=O)Nc1cccc(Cl)c1C. The summed E-state index contributed by atoms with van der Waals surface area (Å²) in [5, 5.41) is 3.33. The van der Waals surface area contributed by atoms with Crippen molar-refractivity contribution in [2.24, 2.45) is 5.92 Å². The Morgan fingerprint density at radius 1 is 1.21 bits per heavy atom. The second kappa shape index (κ2) is 8.73. The summed E-state index contributed by atoms with van der Waals surface area (Å²) in [5.41, 5.74) is 1.44. The molecule has 0 unspecified atom stereocenters. The number of carbonyl (C=O) groups excluding carboxylic acids is 1. The summed E-state index contributed by atoms with van der Waals surface area (Å²) in [5.74, 6) is 0.351. The molecule has 0 spiro atoms. The molecule has 1 amide bonds. The molecule has 1 saturated heterocycles. The lowest BCUT2D eigenvalue weighted by molar-refractivity contribution is 0.102. The molecule has 6 nitrogen and oxygen atoms in total. The minimum Gasteiger partial charge on any atom is -0.496 e. The number of amides is 1. The number of methoxy groups -OCH3 is 1. The van der Waals surface area contributed by atoms with E-state index in [1.165, 1.54) is 29.6 Å². The molecule has 3 rings (SSSR count). The van der Waals surface area contributed by atoms with Crippen LogP contribution in [0.1, 0.15) is 35.7 Å². The number of nitrogens with zero attached hydrogens (tertiary/aromatic N) is 1. The molecule has 1 fully saturated rings. The predicted octanol–water partition coefficient (Wildman–Crippen LogP) is 4.33. The summed E-state index contributed by atoms with van der Waals surface area (Å²) in [6.45, 7) is 4.89. The number of ether oxygens (including phenoxy) is 1. The van der Waals surface area contributed by atoms with E-state index < -0.39 is 15.9 Å². The number of hydrogen-bond donors (Lipinski definition) is 1. The van der Waals surface area contributed by atoms with Crippen molar-refractivity contribution in [3.63, 3.8) is 0 Å². The first-order valence-corrected chi connectivity index (χ1v) is 11.3. The van der Waals surface area contributed by atoms with E-state index in [2.05, 4.69) is 12.2 Å². The van der Waals surface area contributed by atoms with Crippen LogP contribution in [0.4, 0.5) is 5.69 Å². The Morgan fingerprint density at radius 2 is 1.90 bits per heavy atom. The van der Waals surface area contributed by atoms with Crippen LogP contribution in [0.5, 0.6) is 5.75 Å². The average molecular weight is 437 g/mol. The summed E-state index contributed by atoms with van der Waals surface area (Å²) in [4.78, 5) is 13.0. The number of rotatable bonds is 5. The highest BCUT2D eigenvalue weighted by atomic mass is 35.5. The molecule has 8 heteroatoms. The molecule has 0 saturated carbocycles. The van der Waals surface area contributed by atoms with E-state index in [0.717, 1.165) is 18.4 Å². The van der Waals surface area contributed by atoms with Crippen LogP contribution in [0.2, 0.25) is 5.02 Å². The third-order valence-corrected chi connectivity index (χ3v) is 7.62. The first-order chi connectivity index (χ1) is 13.7. The van der Waals surface area contributed by atoms with Gasteiger partial charge >= 0.3 is 0 Å². The Hall–Kier alpha value is -2.09. The van der Waals surface area contributed by atoms with E-state index in [1.54, 1.807) is 25.1 Å². The van der Waals surface area contributed by atoms with Crippen LogP contribution in [0, 0.1) is 12.8 Å². The molecule has 0 radical (unpaired) electrons. The van der Waals surface area contributed by atoms with E-state index in [0.29, 0.717) is 35.5 Å². The maximum absolute atomic E-state index is 13.1. The number of piperidine rings is 1. The van der Waals surface area contributed by atoms with Crippen LogP contribution in [0.25, 0.3) is 0 Å². The second-order valence-electron chi connectivity index (χ2n) is 7.32. The van der Waals surface area contributed by atoms with Crippen molar-refractivity contribution in [1.29, 1.82) is 0 Å². The standard InChI is InChI=1S/C21H25ClN2O4S/c1-14-9-11-24(12-10-14)29(26,27)16-7-8-20(28-3)17(13-16)21(25)23-19-6-4-5-18(22)15(19)2/h4-8,13-14H,9-12H2,1-3H3,(H,23,25). The molecule has 0 atom stereocenters. The number of nitrogens with one attached hydrogen (secondary N) is 1. The topological polar surface area (TPSA) is 75.7 Å². The molecular weight excluding hydrogens is 412 g/mol. The van der Waals surface area contributed by atoms with Crippen LogP contribution >= 0.6 is 11.6 Å². The molecule has 1 heterocycles. The lowest BCUT2D eigenvalue weighted by Crippen LogP contribution is -2.37. The van der Waals surface area contributed by atoms with E-state index >= 15 is 0 Å². The number of halogens is 1. The Labute approximate surface area is 176 Å².